The molecule has 3 rings (SSSR count). The third-order valence-electron chi connectivity index (χ3n) is 3.86. The second-order valence-electron chi connectivity index (χ2n) is 5.56. The van der Waals surface area contributed by atoms with Crippen LogP contribution in [0.15, 0.2) is 59.7 Å². The number of carbonyl (C=O) groups is 1. The van der Waals surface area contributed by atoms with Gasteiger partial charge < -0.3 is 14.6 Å². The molecule has 0 bridgehead atoms. The van der Waals surface area contributed by atoms with Crippen molar-refractivity contribution in [2.75, 3.05) is 14.2 Å². The molecule has 3 aromatic rings. The number of hydrazone groups is 1. The molecule has 0 heterocycles. The maximum absolute atomic E-state index is 12.3. The largest absolute Gasteiger partial charge is 0.507 e. The van der Waals surface area contributed by atoms with Crippen LogP contribution in [0.5, 0.6) is 17.2 Å². The van der Waals surface area contributed by atoms with Gasteiger partial charge in [-0.15, -0.1) is 0 Å². The fraction of sp³-hybridized carbons (Fsp3) is 0.100. The van der Waals surface area contributed by atoms with Crippen molar-refractivity contribution in [2.24, 2.45) is 5.10 Å². The van der Waals surface area contributed by atoms with E-state index in [1.807, 2.05) is 24.3 Å². The molecule has 3 aromatic carbocycles. The van der Waals surface area contributed by atoms with Gasteiger partial charge in [-0.05, 0) is 35.0 Å². The number of amides is 1. The van der Waals surface area contributed by atoms with Gasteiger partial charge in [-0.2, -0.15) is 5.10 Å². The zero-order chi connectivity index (χ0) is 18.5. The number of hydrogen-bond acceptors (Lipinski definition) is 5. The van der Waals surface area contributed by atoms with Gasteiger partial charge in [0.2, 0.25) is 0 Å². The summed E-state index contributed by atoms with van der Waals surface area (Å²) in [5, 5.41) is 15.7. The molecule has 0 atom stereocenters. The molecule has 0 spiro atoms. The maximum atomic E-state index is 12.3. The molecular formula is C20H18N2O4. The van der Waals surface area contributed by atoms with Gasteiger partial charge in [-0.3, -0.25) is 4.79 Å². The second kappa shape index (κ2) is 7.57. The van der Waals surface area contributed by atoms with Gasteiger partial charge in [0, 0.05) is 11.6 Å². The molecule has 26 heavy (non-hydrogen) atoms. The SMILES string of the molecule is COc1cc(C=NNC(=O)c2cc3ccccc3cc2O)cc(OC)c1. The first-order valence-electron chi connectivity index (χ1n) is 7.89. The summed E-state index contributed by atoms with van der Waals surface area (Å²) in [5.74, 6) is 0.632. The molecule has 0 saturated carbocycles. The fourth-order valence-electron chi connectivity index (χ4n) is 2.54. The van der Waals surface area contributed by atoms with E-state index >= 15 is 0 Å². The van der Waals surface area contributed by atoms with E-state index < -0.39 is 5.91 Å². The molecular weight excluding hydrogens is 332 g/mol. The molecule has 2 N–H and O–H groups in total. The lowest BCUT2D eigenvalue weighted by Crippen LogP contribution is -2.17. The maximum Gasteiger partial charge on any atom is 0.275 e. The van der Waals surface area contributed by atoms with Crippen LogP contribution < -0.4 is 14.9 Å². The zero-order valence-corrected chi connectivity index (χ0v) is 14.4. The van der Waals surface area contributed by atoms with Crippen molar-refractivity contribution in [3.8, 4) is 17.2 Å². The normalized spacial score (nSPS) is 10.8. The minimum Gasteiger partial charge on any atom is -0.507 e. The number of phenolic OH excluding ortho intramolecular Hbond substituents is 1. The second-order valence-corrected chi connectivity index (χ2v) is 5.56. The van der Waals surface area contributed by atoms with Crippen LogP contribution in [-0.4, -0.2) is 31.4 Å². The summed E-state index contributed by atoms with van der Waals surface area (Å²) in [5.41, 5.74) is 3.27. The van der Waals surface area contributed by atoms with E-state index in [2.05, 4.69) is 10.5 Å². The van der Waals surface area contributed by atoms with Crippen molar-refractivity contribution in [3.63, 3.8) is 0 Å². The molecule has 6 heteroatoms. The number of phenols is 1. The van der Waals surface area contributed by atoms with Gasteiger partial charge in [0.25, 0.3) is 5.91 Å². The van der Waals surface area contributed by atoms with Crippen molar-refractivity contribution in [3.05, 3.63) is 65.7 Å². The summed E-state index contributed by atoms with van der Waals surface area (Å²) in [6, 6.07) is 15.9. The van der Waals surface area contributed by atoms with Gasteiger partial charge in [0.1, 0.15) is 17.2 Å². The Kier molecular flexibility index (Phi) is 5.03. The number of carbonyl (C=O) groups excluding carboxylic acids is 1. The summed E-state index contributed by atoms with van der Waals surface area (Å²) in [4.78, 5) is 12.3. The summed E-state index contributed by atoms with van der Waals surface area (Å²) < 4.78 is 10.4. The number of rotatable bonds is 5. The molecule has 132 valence electrons. The minimum absolute atomic E-state index is 0.0977. The van der Waals surface area contributed by atoms with E-state index in [1.54, 1.807) is 44.6 Å². The number of fused-ring (bicyclic) bond motifs is 1. The quantitative estimate of drug-likeness (QED) is 0.546. The Morgan fingerprint density at radius 1 is 1.00 bits per heavy atom. The summed E-state index contributed by atoms with van der Waals surface area (Å²) >= 11 is 0. The van der Waals surface area contributed by atoms with Crippen molar-refractivity contribution in [1.82, 2.24) is 5.43 Å². The predicted molar refractivity (Wildman–Crippen MR) is 100 cm³/mol. The first-order valence-corrected chi connectivity index (χ1v) is 7.89. The van der Waals surface area contributed by atoms with E-state index in [-0.39, 0.29) is 11.3 Å². The number of nitrogens with zero attached hydrogens (tertiary/aromatic N) is 1. The van der Waals surface area contributed by atoms with E-state index in [9.17, 15) is 9.90 Å². The standard InChI is InChI=1S/C20H18N2O4/c1-25-16-7-13(8-17(11-16)26-2)12-21-22-20(24)18-9-14-5-3-4-6-15(14)10-19(18)23/h3-12,23H,1-2H3,(H,22,24). The minimum atomic E-state index is -0.501. The highest BCUT2D eigenvalue weighted by molar-refractivity contribution is 6.01. The first-order chi connectivity index (χ1) is 12.6. The summed E-state index contributed by atoms with van der Waals surface area (Å²) in [6.07, 6.45) is 1.47. The number of ether oxygens (including phenoxy) is 2. The van der Waals surface area contributed by atoms with Gasteiger partial charge in [-0.25, -0.2) is 5.43 Å². The lowest BCUT2D eigenvalue weighted by atomic mass is 10.1. The van der Waals surface area contributed by atoms with Crippen LogP contribution in [0, 0.1) is 0 Å². The van der Waals surface area contributed by atoms with E-state index in [4.69, 9.17) is 9.47 Å². The van der Waals surface area contributed by atoms with E-state index in [0.717, 1.165) is 10.8 Å². The molecule has 0 radical (unpaired) electrons. The Hall–Kier alpha value is -3.54. The van der Waals surface area contributed by atoms with Crippen molar-refractivity contribution >= 4 is 22.9 Å². The smallest absolute Gasteiger partial charge is 0.275 e. The van der Waals surface area contributed by atoms with Crippen LogP contribution in [0.1, 0.15) is 15.9 Å². The first kappa shape index (κ1) is 17.3. The molecule has 1 amide bonds. The topological polar surface area (TPSA) is 80.2 Å². The van der Waals surface area contributed by atoms with Gasteiger partial charge in [0.05, 0.1) is 26.0 Å². The van der Waals surface area contributed by atoms with E-state index in [1.165, 1.54) is 6.21 Å². The number of nitrogens with one attached hydrogen (secondary N) is 1. The molecule has 0 saturated heterocycles. The number of methoxy groups -OCH3 is 2. The molecule has 6 nitrogen and oxygen atoms in total. The zero-order valence-electron chi connectivity index (χ0n) is 14.4. The van der Waals surface area contributed by atoms with Crippen LogP contribution in [0.2, 0.25) is 0 Å². The molecule has 0 aliphatic carbocycles. The molecule has 0 aliphatic heterocycles. The molecule has 0 fully saturated rings. The number of aromatic hydroxyl groups is 1. The predicted octanol–water partition coefficient (Wildman–Crippen LogP) is 3.33. The van der Waals surface area contributed by atoms with Crippen LogP contribution in [-0.2, 0) is 0 Å². The Balaban J connectivity index is 1.78. The Bertz CT molecular complexity index is 960. The number of hydrogen-bond donors (Lipinski definition) is 2. The highest BCUT2D eigenvalue weighted by atomic mass is 16.5. The summed E-state index contributed by atoms with van der Waals surface area (Å²) in [6.45, 7) is 0. The third-order valence-corrected chi connectivity index (χ3v) is 3.86. The van der Waals surface area contributed by atoms with Crippen molar-refractivity contribution < 1.29 is 19.4 Å². The van der Waals surface area contributed by atoms with Gasteiger partial charge >= 0.3 is 0 Å². The van der Waals surface area contributed by atoms with Gasteiger partial charge in [0.15, 0.2) is 0 Å². The van der Waals surface area contributed by atoms with Gasteiger partial charge in [-0.1, -0.05) is 24.3 Å². The van der Waals surface area contributed by atoms with Crippen LogP contribution in [0.3, 0.4) is 0 Å². The average molecular weight is 350 g/mol. The highest BCUT2D eigenvalue weighted by Gasteiger charge is 2.11. The van der Waals surface area contributed by atoms with Crippen LogP contribution in [0.4, 0.5) is 0 Å². The van der Waals surface area contributed by atoms with Crippen molar-refractivity contribution in [2.45, 2.75) is 0 Å². The Labute approximate surface area is 150 Å². The molecule has 0 aliphatic rings. The van der Waals surface area contributed by atoms with Crippen LogP contribution >= 0.6 is 0 Å². The Morgan fingerprint density at radius 2 is 1.62 bits per heavy atom. The monoisotopic (exact) mass is 350 g/mol. The van der Waals surface area contributed by atoms with Crippen LogP contribution in [0.25, 0.3) is 10.8 Å². The highest BCUT2D eigenvalue weighted by Crippen LogP contribution is 2.25. The molecule has 0 aromatic heterocycles. The fourth-order valence-corrected chi connectivity index (χ4v) is 2.54. The van der Waals surface area contributed by atoms with E-state index in [0.29, 0.717) is 17.1 Å². The third kappa shape index (κ3) is 3.75. The Morgan fingerprint density at radius 3 is 2.23 bits per heavy atom. The lowest BCUT2D eigenvalue weighted by molar-refractivity contribution is 0.0952. The lowest BCUT2D eigenvalue weighted by Gasteiger charge is -2.06. The summed E-state index contributed by atoms with van der Waals surface area (Å²) in [7, 11) is 3.11. The number of benzene rings is 3. The average Bonchev–Trinajstić information content (AvgIpc) is 2.66. The molecule has 0 unspecified atom stereocenters. The van der Waals surface area contributed by atoms with Crippen molar-refractivity contribution in [1.29, 1.82) is 0 Å².